The van der Waals surface area contributed by atoms with Gasteiger partial charge in [-0.3, -0.25) is 4.79 Å². The van der Waals surface area contributed by atoms with Crippen LogP contribution < -0.4 is 5.73 Å². The minimum atomic E-state index is -4.02. The number of fused-ring (bicyclic) bond motifs is 2. The number of halogens is 1. The summed E-state index contributed by atoms with van der Waals surface area (Å²) in [4.78, 5) is 30.5. The summed E-state index contributed by atoms with van der Waals surface area (Å²) in [5.41, 5.74) is 8.52. The molecule has 1 amide bonds. The number of aromatic amines is 1. The molecule has 0 saturated carbocycles. The molecule has 0 unspecified atom stereocenters. The Labute approximate surface area is 213 Å². The first kappa shape index (κ1) is 24.4. The van der Waals surface area contributed by atoms with Crippen molar-refractivity contribution in [2.75, 3.05) is 18.8 Å². The van der Waals surface area contributed by atoms with Gasteiger partial charge in [0.15, 0.2) is 0 Å². The second kappa shape index (κ2) is 9.30. The highest BCUT2D eigenvalue weighted by molar-refractivity contribution is 7.89. The number of nitrogens with two attached hydrogens (primary N) is 1. The van der Waals surface area contributed by atoms with Crippen LogP contribution in [0, 0.1) is 5.92 Å². The van der Waals surface area contributed by atoms with Crippen LogP contribution in [0.15, 0.2) is 47.9 Å². The third-order valence-corrected chi connectivity index (χ3v) is 8.20. The summed E-state index contributed by atoms with van der Waals surface area (Å²) < 4.78 is 28.1. The Morgan fingerprint density at radius 1 is 1.17 bits per heavy atom. The van der Waals surface area contributed by atoms with Crippen molar-refractivity contribution in [2.24, 2.45) is 5.92 Å². The zero-order valence-electron chi connectivity index (χ0n) is 19.8. The minimum absolute atomic E-state index is 0.173. The third kappa shape index (κ3) is 4.61. The van der Waals surface area contributed by atoms with Gasteiger partial charge in [-0.05, 0) is 48.2 Å². The molecule has 3 N–H and O–H groups in total. The molecule has 1 aliphatic rings. The van der Waals surface area contributed by atoms with Crippen LogP contribution in [0.3, 0.4) is 0 Å². The Bertz CT molecular complexity index is 1570. The molecule has 36 heavy (non-hydrogen) atoms. The van der Waals surface area contributed by atoms with Gasteiger partial charge in [0.1, 0.15) is 12.1 Å². The highest BCUT2D eigenvalue weighted by atomic mass is 35.5. The lowest BCUT2D eigenvalue weighted by molar-refractivity contribution is -0.138. The number of nitrogens with one attached hydrogen (secondary N) is 1. The Morgan fingerprint density at radius 3 is 2.75 bits per heavy atom. The molecule has 1 saturated heterocycles. The highest BCUT2D eigenvalue weighted by Gasteiger charge is 2.40. The van der Waals surface area contributed by atoms with E-state index in [0.717, 1.165) is 10.9 Å². The third-order valence-electron chi connectivity index (χ3n) is 6.32. The van der Waals surface area contributed by atoms with Crippen LogP contribution in [0.4, 0.5) is 5.82 Å². The first-order valence-corrected chi connectivity index (χ1v) is 13.4. The van der Waals surface area contributed by atoms with E-state index in [9.17, 15) is 13.2 Å². The summed E-state index contributed by atoms with van der Waals surface area (Å²) in [5, 5.41) is 1.02. The zero-order chi connectivity index (χ0) is 25.6. The standard InChI is InChI=1S/C24H26ClN7O3S/c1-14(2)7-17-11-31(36(34,35)24-29-19-6-4-16(25)9-21(19)30-24)12-22(33)32(17)10-15-3-5-18-20(8-15)27-13-28-23(18)26/h3-6,8-9,13-14,17H,7,10-12H2,1-2H3,(H,29,30)(H2,26,27,28)/t17-/m0/s1. The van der Waals surface area contributed by atoms with E-state index in [1.54, 1.807) is 23.1 Å². The van der Waals surface area contributed by atoms with Crippen molar-refractivity contribution >= 4 is 55.3 Å². The average Bonchev–Trinajstić information content (AvgIpc) is 3.25. The number of hydrogen-bond acceptors (Lipinski definition) is 7. The Morgan fingerprint density at radius 2 is 1.97 bits per heavy atom. The fourth-order valence-corrected chi connectivity index (χ4v) is 6.13. The van der Waals surface area contributed by atoms with E-state index >= 15 is 0 Å². The molecule has 188 valence electrons. The maximum Gasteiger partial charge on any atom is 0.277 e. The van der Waals surface area contributed by atoms with Gasteiger partial charge in [-0.2, -0.15) is 4.31 Å². The van der Waals surface area contributed by atoms with Gasteiger partial charge in [-0.15, -0.1) is 0 Å². The molecule has 2 aromatic heterocycles. The number of nitrogen functional groups attached to an aromatic ring is 1. The lowest BCUT2D eigenvalue weighted by Gasteiger charge is -2.41. The molecule has 0 bridgehead atoms. The molecular weight excluding hydrogens is 502 g/mol. The van der Waals surface area contributed by atoms with Gasteiger partial charge in [0.2, 0.25) is 11.1 Å². The van der Waals surface area contributed by atoms with Crippen LogP contribution in [0.1, 0.15) is 25.8 Å². The van der Waals surface area contributed by atoms with Crippen LogP contribution in [0.5, 0.6) is 0 Å². The van der Waals surface area contributed by atoms with E-state index in [0.29, 0.717) is 40.4 Å². The second-order valence-corrected chi connectivity index (χ2v) is 11.7. The quantitative estimate of drug-likeness (QED) is 0.392. The summed E-state index contributed by atoms with van der Waals surface area (Å²) in [7, 11) is -4.02. The summed E-state index contributed by atoms with van der Waals surface area (Å²) in [6.07, 6.45) is 2.06. The maximum absolute atomic E-state index is 13.5. The fourth-order valence-electron chi connectivity index (χ4n) is 4.61. The molecule has 10 nitrogen and oxygen atoms in total. The molecule has 2 aromatic carbocycles. The first-order valence-electron chi connectivity index (χ1n) is 11.6. The van der Waals surface area contributed by atoms with E-state index < -0.39 is 10.0 Å². The SMILES string of the molecule is CC(C)C[C@H]1CN(S(=O)(=O)c2nc3ccc(Cl)cc3[nH]2)CC(=O)N1Cc1ccc2c(N)ncnc2c1. The number of anilines is 1. The topological polar surface area (TPSA) is 138 Å². The Hall–Kier alpha value is -3.28. The molecule has 5 rings (SSSR count). The van der Waals surface area contributed by atoms with E-state index in [1.165, 1.54) is 10.6 Å². The number of aromatic nitrogens is 4. The van der Waals surface area contributed by atoms with E-state index in [4.69, 9.17) is 17.3 Å². The van der Waals surface area contributed by atoms with Crippen molar-refractivity contribution in [1.82, 2.24) is 29.1 Å². The predicted molar refractivity (Wildman–Crippen MR) is 138 cm³/mol. The predicted octanol–water partition coefficient (Wildman–Crippen LogP) is 3.19. The van der Waals surface area contributed by atoms with Gasteiger partial charge >= 0.3 is 0 Å². The normalized spacial score (nSPS) is 17.5. The number of carbonyl (C=O) groups excluding carboxylic acids is 1. The molecule has 0 radical (unpaired) electrons. The molecule has 1 aliphatic heterocycles. The number of piperazine rings is 1. The minimum Gasteiger partial charge on any atom is -0.383 e. The highest BCUT2D eigenvalue weighted by Crippen LogP contribution is 2.27. The van der Waals surface area contributed by atoms with Crippen LogP contribution in [0.2, 0.25) is 5.02 Å². The van der Waals surface area contributed by atoms with Crippen molar-refractivity contribution in [3.63, 3.8) is 0 Å². The van der Waals surface area contributed by atoms with Gasteiger partial charge < -0.3 is 15.6 Å². The van der Waals surface area contributed by atoms with Gasteiger partial charge in [-0.1, -0.05) is 31.5 Å². The maximum atomic E-state index is 13.5. The summed E-state index contributed by atoms with van der Waals surface area (Å²) >= 11 is 6.03. The van der Waals surface area contributed by atoms with E-state index in [-0.39, 0.29) is 36.1 Å². The lowest BCUT2D eigenvalue weighted by Crippen LogP contribution is -2.57. The number of amides is 1. The molecule has 4 aromatic rings. The number of benzene rings is 2. The number of carbonyl (C=O) groups is 1. The summed E-state index contributed by atoms with van der Waals surface area (Å²) in [6.45, 7) is 4.35. The Kier molecular flexibility index (Phi) is 6.31. The Balaban J connectivity index is 1.43. The van der Waals surface area contributed by atoms with Crippen molar-refractivity contribution in [1.29, 1.82) is 0 Å². The van der Waals surface area contributed by atoms with E-state index in [2.05, 4.69) is 33.8 Å². The number of rotatable bonds is 6. The van der Waals surface area contributed by atoms with Crippen LogP contribution in [-0.4, -0.2) is 62.6 Å². The van der Waals surface area contributed by atoms with Crippen molar-refractivity contribution < 1.29 is 13.2 Å². The van der Waals surface area contributed by atoms with Gasteiger partial charge in [0.05, 0.1) is 23.1 Å². The first-order chi connectivity index (χ1) is 17.1. The van der Waals surface area contributed by atoms with Crippen molar-refractivity contribution in [2.45, 2.75) is 38.0 Å². The number of nitrogens with zero attached hydrogens (tertiary/aromatic N) is 5. The number of hydrogen-bond donors (Lipinski definition) is 2. The molecule has 3 heterocycles. The largest absolute Gasteiger partial charge is 0.383 e. The lowest BCUT2D eigenvalue weighted by atomic mass is 9.99. The van der Waals surface area contributed by atoms with Crippen molar-refractivity contribution in [3.05, 3.63) is 53.3 Å². The zero-order valence-corrected chi connectivity index (χ0v) is 21.4. The van der Waals surface area contributed by atoms with Crippen LogP contribution >= 0.6 is 11.6 Å². The van der Waals surface area contributed by atoms with Crippen molar-refractivity contribution in [3.8, 4) is 0 Å². The molecular formula is C24H26ClN7O3S. The second-order valence-electron chi connectivity index (χ2n) is 9.42. The summed E-state index contributed by atoms with van der Waals surface area (Å²) in [5.74, 6) is 0.384. The molecule has 1 atom stereocenters. The number of imidazole rings is 1. The monoisotopic (exact) mass is 527 g/mol. The van der Waals surface area contributed by atoms with Gasteiger partial charge in [0.25, 0.3) is 10.0 Å². The number of H-pyrrole nitrogens is 1. The molecule has 0 spiro atoms. The molecule has 0 aliphatic carbocycles. The van der Waals surface area contributed by atoms with Crippen LogP contribution in [-0.2, 0) is 21.4 Å². The number of sulfonamides is 1. The smallest absolute Gasteiger partial charge is 0.277 e. The summed E-state index contributed by atoms with van der Waals surface area (Å²) in [6, 6.07) is 10.2. The fraction of sp³-hybridized carbons (Fsp3) is 0.333. The molecule has 1 fully saturated rings. The molecule has 12 heteroatoms. The van der Waals surface area contributed by atoms with Crippen LogP contribution in [0.25, 0.3) is 21.9 Å². The average molecular weight is 528 g/mol. The van der Waals surface area contributed by atoms with Gasteiger partial charge in [0, 0.05) is 29.5 Å². The van der Waals surface area contributed by atoms with Gasteiger partial charge in [-0.25, -0.2) is 23.4 Å². The van der Waals surface area contributed by atoms with E-state index in [1.807, 2.05) is 18.2 Å².